The van der Waals surface area contributed by atoms with Gasteiger partial charge in [0, 0.05) is 37.8 Å². The molecule has 0 spiro atoms. The first-order valence-electron chi connectivity index (χ1n) is 9.61. The van der Waals surface area contributed by atoms with Gasteiger partial charge in [-0.25, -0.2) is 13.1 Å². The number of carbonyl (C=O) groups excluding carboxylic acids is 2. The molecule has 1 fully saturated rings. The zero-order chi connectivity index (χ0) is 20.9. The van der Waals surface area contributed by atoms with E-state index in [2.05, 4.69) is 10.0 Å². The first-order valence-corrected chi connectivity index (χ1v) is 11.1. The van der Waals surface area contributed by atoms with Gasteiger partial charge >= 0.3 is 0 Å². The van der Waals surface area contributed by atoms with Crippen molar-refractivity contribution >= 4 is 21.8 Å². The first kappa shape index (κ1) is 21.0. The molecule has 8 heteroatoms. The summed E-state index contributed by atoms with van der Waals surface area (Å²) in [6.45, 7) is 1.69. The molecular weight excluding hydrogens is 390 g/mol. The van der Waals surface area contributed by atoms with E-state index in [1.165, 1.54) is 31.3 Å². The minimum absolute atomic E-state index is 0.0213. The van der Waals surface area contributed by atoms with Crippen LogP contribution in [0.5, 0.6) is 0 Å². The summed E-state index contributed by atoms with van der Waals surface area (Å²) in [5.41, 5.74) is 1.76. The van der Waals surface area contributed by atoms with Crippen LogP contribution in [0.15, 0.2) is 53.4 Å². The van der Waals surface area contributed by atoms with Gasteiger partial charge in [-0.15, -0.1) is 0 Å². The highest BCUT2D eigenvalue weighted by atomic mass is 32.2. The predicted octanol–water partition coefficient (Wildman–Crippen LogP) is 2.15. The number of amides is 2. The lowest BCUT2D eigenvalue weighted by Gasteiger charge is -2.26. The molecule has 3 rings (SSSR count). The Hall–Kier alpha value is -2.71. The molecule has 2 amide bonds. The minimum atomic E-state index is -3.71. The van der Waals surface area contributed by atoms with E-state index in [4.69, 9.17) is 0 Å². The molecule has 1 saturated heterocycles. The van der Waals surface area contributed by atoms with E-state index in [1.54, 1.807) is 24.3 Å². The second-order valence-electron chi connectivity index (χ2n) is 6.98. The molecule has 2 N–H and O–H groups in total. The molecular formula is C21H25N3O4S. The summed E-state index contributed by atoms with van der Waals surface area (Å²) >= 11 is 0. The average Bonchev–Trinajstić information content (AvgIpc) is 2.77. The summed E-state index contributed by atoms with van der Waals surface area (Å²) in [5.74, 6) is -0.255. The number of nitrogens with one attached hydrogen (secondary N) is 2. The Kier molecular flexibility index (Phi) is 6.66. The Morgan fingerprint density at radius 1 is 0.897 bits per heavy atom. The summed E-state index contributed by atoms with van der Waals surface area (Å²) in [6, 6.07) is 12.7. The fourth-order valence-corrected chi connectivity index (χ4v) is 4.25. The van der Waals surface area contributed by atoms with E-state index in [0.29, 0.717) is 11.1 Å². The van der Waals surface area contributed by atoms with E-state index in [9.17, 15) is 18.0 Å². The van der Waals surface area contributed by atoms with Crippen molar-refractivity contribution in [2.45, 2.75) is 30.7 Å². The van der Waals surface area contributed by atoms with Crippen LogP contribution in [0, 0.1) is 0 Å². The number of piperidine rings is 1. The second-order valence-corrected chi connectivity index (χ2v) is 8.74. The normalized spacial score (nSPS) is 14.4. The van der Waals surface area contributed by atoms with Gasteiger partial charge in [0.15, 0.2) is 0 Å². The minimum Gasteiger partial charge on any atom is -0.355 e. The third-order valence-electron chi connectivity index (χ3n) is 4.96. The van der Waals surface area contributed by atoms with Crippen molar-refractivity contribution in [1.82, 2.24) is 14.9 Å². The molecule has 0 bridgehead atoms. The maximum atomic E-state index is 12.5. The average molecular weight is 416 g/mol. The van der Waals surface area contributed by atoms with Gasteiger partial charge in [0.05, 0.1) is 4.90 Å². The lowest BCUT2D eigenvalue weighted by atomic mass is 10.1. The molecule has 1 heterocycles. The van der Waals surface area contributed by atoms with Gasteiger partial charge in [0.1, 0.15) is 0 Å². The van der Waals surface area contributed by atoms with Gasteiger partial charge in [-0.05, 0) is 61.2 Å². The third kappa shape index (κ3) is 5.21. The SMILES string of the molecule is CNC(=O)c1ccc(S(=O)(=O)NCc2ccc(C(=O)N3CCCCC3)cc2)cc1. The largest absolute Gasteiger partial charge is 0.355 e. The molecule has 0 aliphatic carbocycles. The molecule has 2 aromatic carbocycles. The van der Waals surface area contributed by atoms with Crippen LogP contribution in [-0.2, 0) is 16.6 Å². The molecule has 29 heavy (non-hydrogen) atoms. The van der Waals surface area contributed by atoms with Crippen LogP contribution in [-0.4, -0.2) is 45.3 Å². The van der Waals surface area contributed by atoms with Crippen molar-refractivity contribution in [3.05, 3.63) is 65.2 Å². The van der Waals surface area contributed by atoms with Crippen LogP contribution in [0.4, 0.5) is 0 Å². The number of nitrogens with zero attached hydrogens (tertiary/aromatic N) is 1. The fraction of sp³-hybridized carbons (Fsp3) is 0.333. The van der Waals surface area contributed by atoms with Crippen LogP contribution in [0.2, 0.25) is 0 Å². The fourth-order valence-electron chi connectivity index (χ4n) is 3.24. The van der Waals surface area contributed by atoms with Gasteiger partial charge in [-0.3, -0.25) is 9.59 Å². The molecule has 0 atom stereocenters. The number of hydrogen-bond acceptors (Lipinski definition) is 4. The topological polar surface area (TPSA) is 95.6 Å². The van der Waals surface area contributed by atoms with E-state index < -0.39 is 10.0 Å². The van der Waals surface area contributed by atoms with E-state index in [1.807, 2.05) is 4.90 Å². The number of benzene rings is 2. The van der Waals surface area contributed by atoms with E-state index in [-0.39, 0.29) is 23.3 Å². The molecule has 0 unspecified atom stereocenters. The van der Waals surface area contributed by atoms with Crippen molar-refractivity contribution < 1.29 is 18.0 Å². The Morgan fingerprint density at radius 2 is 1.48 bits per heavy atom. The molecule has 154 valence electrons. The van der Waals surface area contributed by atoms with Crippen LogP contribution in [0.1, 0.15) is 45.5 Å². The van der Waals surface area contributed by atoms with Gasteiger partial charge in [-0.2, -0.15) is 0 Å². The predicted molar refractivity (Wildman–Crippen MR) is 110 cm³/mol. The van der Waals surface area contributed by atoms with Crippen molar-refractivity contribution in [1.29, 1.82) is 0 Å². The zero-order valence-corrected chi connectivity index (χ0v) is 17.2. The van der Waals surface area contributed by atoms with Crippen LogP contribution >= 0.6 is 0 Å². The Morgan fingerprint density at radius 3 is 2.07 bits per heavy atom. The molecule has 0 aromatic heterocycles. The number of carbonyl (C=O) groups is 2. The van der Waals surface area contributed by atoms with Gasteiger partial charge in [0.25, 0.3) is 11.8 Å². The Bertz CT molecular complexity index is 964. The molecule has 0 saturated carbocycles. The highest BCUT2D eigenvalue weighted by molar-refractivity contribution is 7.89. The summed E-state index contributed by atoms with van der Waals surface area (Å²) in [6.07, 6.45) is 3.24. The van der Waals surface area contributed by atoms with Crippen molar-refractivity contribution in [3.63, 3.8) is 0 Å². The maximum absolute atomic E-state index is 12.5. The number of likely N-dealkylation sites (tertiary alicyclic amines) is 1. The first-order chi connectivity index (χ1) is 13.9. The summed E-state index contributed by atoms with van der Waals surface area (Å²) in [5, 5.41) is 2.49. The van der Waals surface area contributed by atoms with Gasteiger partial charge in [-0.1, -0.05) is 12.1 Å². The lowest BCUT2D eigenvalue weighted by molar-refractivity contribution is 0.0724. The monoisotopic (exact) mass is 415 g/mol. The zero-order valence-electron chi connectivity index (χ0n) is 16.3. The quantitative estimate of drug-likeness (QED) is 0.756. The second kappa shape index (κ2) is 9.19. The number of sulfonamides is 1. The molecule has 0 radical (unpaired) electrons. The highest BCUT2D eigenvalue weighted by Gasteiger charge is 2.18. The Balaban J connectivity index is 1.61. The molecule has 1 aliphatic rings. The van der Waals surface area contributed by atoms with Gasteiger partial charge in [0.2, 0.25) is 10.0 Å². The van der Waals surface area contributed by atoms with Crippen molar-refractivity contribution in [2.24, 2.45) is 0 Å². The molecule has 1 aliphatic heterocycles. The maximum Gasteiger partial charge on any atom is 0.253 e. The summed E-state index contributed by atoms with van der Waals surface area (Å²) < 4.78 is 27.5. The number of rotatable bonds is 6. The smallest absolute Gasteiger partial charge is 0.253 e. The Labute approximate surface area is 171 Å². The van der Waals surface area contributed by atoms with Gasteiger partial charge < -0.3 is 10.2 Å². The highest BCUT2D eigenvalue weighted by Crippen LogP contribution is 2.15. The standard InChI is InChI=1S/C21H25N3O4S/c1-22-20(25)17-9-11-19(12-10-17)29(27,28)23-15-16-5-7-18(8-6-16)21(26)24-13-3-2-4-14-24/h5-12,23H,2-4,13-15H2,1H3,(H,22,25). The molecule has 2 aromatic rings. The summed E-state index contributed by atoms with van der Waals surface area (Å²) in [4.78, 5) is 26.0. The molecule has 7 nitrogen and oxygen atoms in total. The van der Waals surface area contributed by atoms with Crippen molar-refractivity contribution in [2.75, 3.05) is 20.1 Å². The lowest BCUT2D eigenvalue weighted by Crippen LogP contribution is -2.35. The summed E-state index contributed by atoms with van der Waals surface area (Å²) in [7, 11) is -2.19. The van der Waals surface area contributed by atoms with Crippen LogP contribution < -0.4 is 10.0 Å². The van der Waals surface area contributed by atoms with Crippen molar-refractivity contribution in [3.8, 4) is 0 Å². The number of hydrogen-bond donors (Lipinski definition) is 2. The van der Waals surface area contributed by atoms with E-state index in [0.717, 1.165) is 37.9 Å². The third-order valence-corrected chi connectivity index (χ3v) is 6.38. The van der Waals surface area contributed by atoms with Crippen LogP contribution in [0.3, 0.4) is 0 Å². The van der Waals surface area contributed by atoms with Crippen LogP contribution in [0.25, 0.3) is 0 Å². The van der Waals surface area contributed by atoms with E-state index >= 15 is 0 Å².